The minimum Gasteiger partial charge on any atom is -0.399 e. The van der Waals surface area contributed by atoms with Gasteiger partial charge in [0.2, 0.25) is 10.0 Å². The van der Waals surface area contributed by atoms with Crippen molar-refractivity contribution in [3.05, 3.63) is 23.8 Å². The molecule has 0 saturated carbocycles. The number of nitrogens with two attached hydrogens (primary N) is 1. The molecule has 1 aliphatic rings. The molecule has 0 radical (unpaired) electrons. The van der Waals surface area contributed by atoms with E-state index < -0.39 is 10.0 Å². The zero-order valence-electron chi connectivity index (χ0n) is 12.6. The molecule has 1 fully saturated rings. The third kappa shape index (κ3) is 4.98. The van der Waals surface area contributed by atoms with Crippen LogP contribution in [0.5, 0.6) is 0 Å². The quantitative estimate of drug-likeness (QED) is 0.812. The first-order chi connectivity index (χ1) is 9.97. The van der Waals surface area contributed by atoms with Gasteiger partial charge in [0.1, 0.15) is 0 Å². The summed E-state index contributed by atoms with van der Waals surface area (Å²) in [5.74, 6) is 0. The number of likely N-dealkylation sites (tertiary alicyclic amines) is 1. The fourth-order valence-corrected chi connectivity index (χ4v) is 3.87. The lowest BCUT2D eigenvalue weighted by molar-refractivity contribution is 0.290. The molecule has 0 amide bonds. The SMILES string of the molecule is Cc1cc(N)cc(S(=O)(=O)NCCN2CCCCCC2)c1. The number of hydrogen-bond acceptors (Lipinski definition) is 4. The molecule has 1 aromatic rings. The van der Waals surface area contributed by atoms with E-state index in [1.807, 2.05) is 6.92 Å². The molecular formula is C15H25N3O2S. The summed E-state index contributed by atoms with van der Waals surface area (Å²) in [6, 6.07) is 4.90. The third-order valence-corrected chi connectivity index (χ3v) is 5.24. The fourth-order valence-electron chi connectivity index (χ4n) is 2.71. The normalized spacial score (nSPS) is 17.6. The monoisotopic (exact) mass is 311 g/mol. The first kappa shape index (κ1) is 16.3. The number of rotatable bonds is 5. The van der Waals surface area contributed by atoms with Crippen molar-refractivity contribution in [2.45, 2.75) is 37.5 Å². The molecule has 21 heavy (non-hydrogen) atoms. The van der Waals surface area contributed by atoms with E-state index >= 15 is 0 Å². The second kappa shape index (κ2) is 7.24. The Kier molecular flexibility index (Phi) is 5.61. The molecule has 0 aliphatic carbocycles. The number of nitrogens with one attached hydrogen (secondary N) is 1. The van der Waals surface area contributed by atoms with Crippen LogP contribution in [0, 0.1) is 6.92 Å². The van der Waals surface area contributed by atoms with Gasteiger partial charge in [0.15, 0.2) is 0 Å². The van der Waals surface area contributed by atoms with Gasteiger partial charge in [-0.15, -0.1) is 0 Å². The molecule has 1 saturated heterocycles. The lowest BCUT2D eigenvalue weighted by atomic mass is 10.2. The summed E-state index contributed by atoms with van der Waals surface area (Å²) in [5.41, 5.74) is 7.04. The highest BCUT2D eigenvalue weighted by atomic mass is 32.2. The molecule has 5 nitrogen and oxygen atoms in total. The number of anilines is 1. The van der Waals surface area contributed by atoms with Crippen molar-refractivity contribution in [2.24, 2.45) is 0 Å². The van der Waals surface area contributed by atoms with Crippen LogP contribution in [0.4, 0.5) is 5.69 Å². The Bertz CT molecular complexity index is 544. The minimum absolute atomic E-state index is 0.246. The molecule has 0 spiro atoms. The van der Waals surface area contributed by atoms with Gasteiger partial charge in [0, 0.05) is 18.8 Å². The molecular weight excluding hydrogens is 286 g/mol. The lowest BCUT2D eigenvalue weighted by Crippen LogP contribution is -2.35. The van der Waals surface area contributed by atoms with E-state index in [4.69, 9.17) is 5.73 Å². The third-order valence-electron chi connectivity index (χ3n) is 3.80. The number of hydrogen-bond donors (Lipinski definition) is 2. The predicted octanol–water partition coefficient (Wildman–Crippen LogP) is 1.73. The zero-order chi connectivity index (χ0) is 15.3. The lowest BCUT2D eigenvalue weighted by Gasteiger charge is -2.19. The number of nitrogens with zero attached hydrogens (tertiary/aromatic N) is 1. The highest BCUT2D eigenvalue weighted by Gasteiger charge is 2.15. The number of aryl methyl sites for hydroxylation is 1. The van der Waals surface area contributed by atoms with Crippen LogP contribution >= 0.6 is 0 Å². The Morgan fingerprint density at radius 3 is 2.43 bits per heavy atom. The van der Waals surface area contributed by atoms with Gasteiger partial charge < -0.3 is 10.6 Å². The van der Waals surface area contributed by atoms with Gasteiger partial charge >= 0.3 is 0 Å². The Labute approximate surface area is 127 Å². The van der Waals surface area contributed by atoms with Crippen LogP contribution in [0.3, 0.4) is 0 Å². The molecule has 2 rings (SSSR count). The Hall–Kier alpha value is -1.11. The molecule has 3 N–H and O–H groups in total. The van der Waals surface area contributed by atoms with E-state index in [1.54, 1.807) is 12.1 Å². The van der Waals surface area contributed by atoms with Crippen molar-refractivity contribution in [3.8, 4) is 0 Å². The molecule has 118 valence electrons. The summed E-state index contributed by atoms with van der Waals surface area (Å²) in [5, 5.41) is 0. The topological polar surface area (TPSA) is 75.4 Å². The molecule has 1 aromatic carbocycles. The van der Waals surface area contributed by atoms with Crippen molar-refractivity contribution in [3.63, 3.8) is 0 Å². The average molecular weight is 311 g/mol. The van der Waals surface area contributed by atoms with E-state index in [0.29, 0.717) is 12.2 Å². The average Bonchev–Trinajstić information content (AvgIpc) is 2.66. The van der Waals surface area contributed by atoms with Crippen LogP contribution < -0.4 is 10.5 Å². The van der Waals surface area contributed by atoms with Crippen molar-refractivity contribution in [1.29, 1.82) is 0 Å². The molecule has 1 aliphatic heterocycles. The molecule has 0 unspecified atom stereocenters. The van der Waals surface area contributed by atoms with Crippen LogP contribution in [0.1, 0.15) is 31.2 Å². The van der Waals surface area contributed by atoms with E-state index in [-0.39, 0.29) is 4.90 Å². The Morgan fingerprint density at radius 2 is 1.81 bits per heavy atom. The highest BCUT2D eigenvalue weighted by molar-refractivity contribution is 7.89. The van der Waals surface area contributed by atoms with E-state index in [1.165, 1.54) is 31.7 Å². The predicted molar refractivity (Wildman–Crippen MR) is 85.7 cm³/mol. The van der Waals surface area contributed by atoms with Gasteiger partial charge in [0.05, 0.1) is 4.90 Å². The molecule has 0 bridgehead atoms. The molecule has 0 atom stereocenters. The fraction of sp³-hybridized carbons (Fsp3) is 0.600. The van der Waals surface area contributed by atoms with E-state index in [2.05, 4.69) is 9.62 Å². The molecule has 1 heterocycles. The smallest absolute Gasteiger partial charge is 0.240 e. The highest BCUT2D eigenvalue weighted by Crippen LogP contribution is 2.16. The van der Waals surface area contributed by atoms with Crippen molar-refractivity contribution in [2.75, 3.05) is 31.9 Å². The zero-order valence-corrected chi connectivity index (χ0v) is 13.5. The first-order valence-electron chi connectivity index (χ1n) is 7.56. The van der Waals surface area contributed by atoms with Crippen molar-refractivity contribution < 1.29 is 8.42 Å². The largest absolute Gasteiger partial charge is 0.399 e. The number of sulfonamides is 1. The van der Waals surface area contributed by atoms with Gasteiger partial charge in [0.25, 0.3) is 0 Å². The summed E-state index contributed by atoms with van der Waals surface area (Å²) in [6.45, 7) is 5.18. The van der Waals surface area contributed by atoms with Crippen molar-refractivity contribution >= 4 is 15.7 Å². The van der Waals surface area contributed by atoms with Crippen LogP contribution in [-0.2, 0) is 10.0 Å². The molecule has 0 aromatic heterocycles. The maximum atomic E-state index is 12.3. The van der Waals surface area contributed by atoms with Crippen LogP contribution in [0.25, 0.3) is 0 Å². The van der Waals surface area contributed by atoms with Crippen LogP contribution in [0.2, 0.25) is 0 Å². The van der Waals surface area contributed by atoms with Crippen LogP contribution in [-0.4, -0.2) is 39.5 Å². The number of benzene rings is 1. The summed E-state index contributed by atoms with van der Waals surface area (Å²) in [6.07, 6.45) is 4.98. The summed E-state index contributed by atoms with van der Waals surface area (Å²) < 4.78 is 27.2. The standard InChI is InChI=1S/C15H25N3O2S/c1-13-10-14(16)12-15(11-13)21(19,20)17-6-9-18-7-4-2-3-5-8-18/h10-12,17H,2-9,16H2,1H3. The second-order valence-corrected chi connectivity index (χ2v) is 7.50. The minimum atomic E-state index is -3.47. The summed E-state index contributed by atoms with van der Waals surface area (Å²) in [4.78, 5) is 2.58. The summed E-state index contributed by atoms with van der Waals surface area (Å²) >= 11 is 0. The Balaban J connectivity index is 1.91. The second-order valence-electron chi connectivity index (χ2n) is 5.73. The maximum absolute atomic E-state index is 12.3. The van der Waals surface area contributed by atoms with Gasteiger partial charge in [-0.05, 0) is 56.6 Å². The molecule has 6 heteroatoms. The van der Waals surface area contributed by atoms with Crippen molar-refractivity contribution in [1.82, 2.24) is 9.62 Å². The van der Waals surface area contributed by atoms with E-state index in [0.717, 1.165) is 25.2 Å². The van der Waals surface area contributed by atoms with Gasteiger partial charge in [-0.3, -0.25) is 0 Å². The number of nitrogen functional groups attached to an aromatic ring is 1. The first-order valence-corrected chi connectivity index (χ1v) is 9.05. The van der Waals surface area contributed by atoms with Gasteiger partial charge in [-0.25, -0.2) is 13.1 Å². The van der Waals surface area contributed by atoms with Crippen LogP contribution in [0.15, 0.2) is 23.1 Å². The maximum Gasteiger partial charge on any atom is 0.240 e. The Morgan fingerprint density at radius 1 is 1.14 bits per heavy atom. The van der Waals surface area contributed by atoms with Gasteiger partial charge in [-0.1, -0.05) is 12.8 Å². The van der Waals surface area contributed by atoms with Gasteiger partial charge in [-0.2, -0.15) is 0 Å². The van der Waals surface area contributed by atoms with E-state index in [9.17, 15) is 8.42 Å². The summed E-state index contributed by atoms with van der Waals surface area (Å²) in [7, 11) is -3.47.